The minimum atomic E-state index is 0.521. The molecule has 2 aliphatic rings. The van der Waals surface area contributed by atoms with Crippen molar-refractivity contribution in [1.29, 1.82) is 0 Å². The molecule has 2 atom stereocenters. The van der Waals surface area contributed by atoms with Crippen molar-refractivity contribution >= 4 is 0 Å². The predicted octanol–water partition coefficient (Wildman–Crippen LogP) is 2.24. The van der Waals surface area contributed by atoms with E-state index in [1.54, 1.807) is 0 Å². The zero-order valence-corrected chi connectivity index (χ0v) is 7.62. The van der Waals surface area contributed by atoms with Gasteiger partial charge in [0.25, 0.3) is 0 Å². The van der Waals surface area contributed by atoms with Crippen molar-refractivity contribution in [1.82, 2.24) is 5.32 Å². The average Bonchev–Trinajstić information content (AvgIpc) is 2.47. The van der Waals surface area contributed by atoms with E-state index in [2.05, 4.69) is 49.7 Å². The molecule has 64 valence electrons. The Morgan fingerprint density at radius 3 is 2.75 bits per heavy atom. The summed E-state index contributed by atoms with van der Waals surface area (Å²) in [5.74, 6) is 1.26. The third-order valence-corrected chi connectivity index (χ3v) is 2.63. The summed E-state index contributed by atoms with van der Waals surface area (Å²) in [5.41, 5.74) is 1.53. The van der Waals surface area contributed by atoms with Gasteiger partial charge in [-0.1, -0.05) is 38.2 Å². The molecule has 0 aromatic carbocycles. The Bertz CT molecular complexity index is 258. The Morgan fingerprint density at radius 2 is 2.00 bits per heavy atom. The van der Waals surface area contributed by atoms with Gasteiger partial charge in [0, 0.05) is 5.92 Å². The van der Waals surface area contributed by atoms with Gasteiger partial charge in [0.15, 0.2) is 0 Å². The SMILES string of the molecule is CC(C)C1=CNC2C=CC=CC12. The summed E-state index contributed by atoms with van der Waals surface area (Å²) in [5, 5.41) is 3.39. The molecule has 12 heavy (non-hydrogen) atoms. The molecule has 2 unspecified atom stereocenters. The lowest BCUT2D eigenvalue weighted by Crippen LogP contribution is -2.25. The van der Waals surface area contributed by atoms with Crippen LogP contribution in [0.2, 0.25) is 0 Å². The molecule has 0 radical (unpaired) electrons. The summed E-state index contributed by atoms with van der Waals surface area (Å²) >= 11 is 0. The highest BCUT2D eigenvalue weighted by molar-refractivity contribution is 5.32. The van der Waals surface area contributed by atoms with E-state index in [-0.39, 0.29) is 0 Å². The number of nitrogens with one attached hydrogen (secondary N) is 1. The van der Waals surface area contributed by atoms with Crippen LogP contribution in [-0.4, -0.2) is 6.04 Å². The molecule has 2 rings (SSSR count). The Hall–Kier alpha value is -0.980. The second kappa shape index (κ2) is 2.81. The predicted molar refractivity (Wildman–Crippen MR) is 51.6 cm³/mol. The van der Waals surface area contributed by atoms with Crippen molar-refractivity contribution in [2.75, 3.05) is 0 Å². The molecule has 0 saturated heterocycles. The number of allylic oxidation sites excluding steroid dienone is 2. The van der Waals surface area contributed by atoms with Crippen LogP contribution in [0.5, 0.6) is 0 Å². The van der Waals surface area contributed by atoms with Crippen LogP contribution in [0, 0.1) is 11.8 Å². The second-order valence-corrected chi connectivity index (χ2v) is 3.79. The van der Waals surface area contributed by atoms with E-state index in [0.717, 1.165) is 0 Å². The van der Waals surface area contributed by atoms with Gasteiger partial charge in [-0.25, -0.2) is 0 Å². The first-order chi connectivity index (χ1) is 5.79. The van der Waals surface area contributed by atoms with E-state index < -0.39 is 0 Å². The maximum absolute atomic E-state index is 3.39. The van der Waals surface area contributed by atoms with Gasteiger partial charge in [0.1, 0.15) is 0 Å². The van der Waals surface area contributed by atoms with Gasteiger partial charge < -0.3 is 5.32 Å². The number of hydrogen-bond donors (Lipinski definition) is 1. The summed E-state index contributed by atoms with van der Waals surface area (Å²) < 4.78 is 0. The molecule has 0 saturated carbocycles. The van der Waals surface area contributed by atoms with Crippen LogP contribution in [0.15, 0.2) is 36.1 Å². The lowest BCUT2D eigenvalue weighted by atomic mass is 9.86. The minimum Gasteiger partial charge on any atom is -0.384 e. The molecular formula is C11H15N. The van der Waals surface area contributed by atoms with Gasteiger partial charge in [0.2, 0.25) is 0 Å². The molecule has 0 aromatic heterocycles. The van der Waals surface area contributed by atoms with Gasteiger partial charge in [-0.3, -0.25) is 0 Å². The van der Waals surface area contributed by atoms with Gasteiger partial charge in [-0.15, -0.1) is 0 Å². The van der Waals surface area contributed by atoms with Crippen molar-refractivity contribution < 1.29 is 0 Å². The normalized spacial score (nSPS) is 31.8. The van der Waals surface area contributed by atoms with E-state index in [1.165, 1.54) is 5.57 Å². The highest BCUT2D eigenvalue weighted by Crippen LogP contribution is 2.30. The average molecular weight is 161 g/mol. The van der Waals surface area contributed by atoms with Crippen molar-refractivity contribution in [2.45, 2.75) is 19.9 Å². The molecule has 1 heteroatoms. The molecular weight excluding hydrogens is 146 g/mol. The quantitative estimate of drug-likeness (QED) is 0.622. The van der Waals surface area contributed by atoms with Crippen molar-refractivity contribution in [3.8, 4) is 0 Å². The fraction of sp³-hybridized carbons (Fsp3) is 0.455. The lowest BCUT2D eigenvalue weighted by Gasteiger charge is -2.20. The Balaban J connectivity index is 2.20. The van der Waals surface area contributed by atoms with Crippen molar-refractivity contribution in [3.63, 3.8) is 0 Å². The minimum absolute atomic E-state index is 0.521. The fourth-order valence-corrected chi connectivity index (χ4v) is 1.93. The van der Waals surface area contributed by atoms with Crippen LogP contribution in [0.3, 0.4) is 0 Å². The first kappa shape index (κ1) is 7.66. The first-order valence-electron chi connectivity index (χ1n) is 4.60. The highest BCUT2D eigenvalue weighted by atomic mass is 14.9. The molecule has 0 aromatic rings. The number of fused-ring (bicyclic) bond motifs is 1. The zero-order valence-electron chi connectivity index (χ0n) is 7.62. The van der Waals surface area contributed by atoms with Gasteiger partial charge in [-0.05, 0) is 17.7 Å². The molecule has 0 spiro atoms. The van der Waals surface area contributed by atoms with Crippen molar-refractivity contribution in [3.05, 3.63) is 36.1 Å². The molecule has 0 bridgehead atoms. The molecule has 1 N–H and O–H groups in total. The molecule has 0 fully saturated rings. The summed E-state index contributed by atoms with van der Waals surface area (Å²) in [4.78, 5) is 0. The lowest BCUT2D eigenvalue weighted by molar-refractivity contribution is 0.584. The first-order valence-corrected chi connectivity index (χ1v) is 4.60. The van der Waals surface area contributed by atoms with E-state index in [4.69, 9.17) is 0 Å². The van der Waals surface area contributed by atoms with Crippen LogP contribution in [0.1, 0.15) is 13.8 Å². The Kier molecular flexibility index (Phi) is 1.80. The van der Waals surface area contributed by atoms with Crippen LogP contribution in [0.25, 0.3) is 0 Å². The summed E-state index contributed by atoms with van der Waals surface area (Å²) in [6.45, 7) is 4.50. The van der Waals surface area contributed by atoms with Crippen LogP contribution < -0.4 is 5.32 Å². The largest absolute Gasteiger partial charge is 0.384 e. The van der Waals surface area contributed by atoms with Gasteiger partial charge in [0.05, 0.1) is 6.04 Å². The maximum Gasteiger partial charge on any atom is 0.0542 e. The Morgan fingerprint density at radius 1 is 1.25 bits per heavy atom. The number of rotatable bonds is 1. The van der Waals surface area contributed by atoms with Crippen LogP contribution >= 0.6 is 0 Å². The molecule has 1 heterocycles. The summed E-state index contributed by atoms with van der Waals surface area (Å²) in [6, 6.07) is 0.521. The molecule has 1 aliphatic heterocycles. The topological polar surface area (TPSA) is 12.0 Å². The maximum atomic E-state index is 3.39. The summed E-state index contributed by atoms with van der Waals surface area (Å²) in [7, 11) is 0. The van der Waals surface area contributed by atoms with Crippen LogP contribution in [-0.2, 0) is 0 Å². The van der Waals surface area contributed by atoms with E-state index in [9.17, 15) is 0 Å². The third-order valence-electron chi connectivity index (χ3n) is 2.63. The Labute approximate surface area is 73.9 Å². The van der Waals surface area contributed by atoms with Crippen molar-refractivity contribution in [2.24, 2.45) is 11.8 Å². The van der Waals surface area contributed by atoms with E-state index in [1.807, 2.05) is 0 Å². The molecule has 1 aliphatic carbocycles. The number of hydrogen-bond acceptors (Lipinski definition) is 1. The molecule has 1 nitrogen and oxygen atoms in total. The standard InChI is InChI=1S/C11H15N/c1-8(2)10-7-12-11-6-4-3-5-9(10)11/h3-9,11-12H,1-2H3. The monoisotopic (exact) mass is 161 g/mol. The van der Waals surface area contributed by atoms with Crippen LogP contribution in [0.4, 0.5) is 0 Å². The molecule has 0 amide bonds. The second-order valence-electron chi connectivity index (χ2n) is 3.79. The fourth-order valence-electron chi connectivity index (χ4n) is 1.93. The smallest absolute Gasteiger partial charge is 0.0542 e. The summed E-state index contributed by atoms with van der Waals surface area (Å²) in [6.07, 6.45) is 11.0. The zero-order chi connectivity index (χ0) is 8.55. The van der Waals surface area contributed by atoms with Gasteiger partial charge in [-0.2, -0.15) is 0 Å². The third kappa shape index (κ3) is 1.09. The van der Waals surface area contributed by atoms with Gasteiger partial charge >= 0.3 is 0 Å². The van der Waals surface area contributed by atoms with E-state index in [0.29, 0.717) is 17.9 Å². The highest BCUT2D eigenvalue weighted by Gasteiger charge is 2.27. The van der Waals surface area contributed by atoms with E-state index >= 15 is 0 Å².